The maximum atomic E-state index is 11.9. The van der Waals surface area contributed by atoms with Crippen molar-refractivity contribution in [2.24, 2.45) is 0 Å². The maximum Gasteiger partial charge on any atom is 0.374 e. The fraction of sp³-hybridized carbons (Fsp3) is 0.294. The zero-order chi connectivity index (χ0) is 18.2. The van der Waals surface area contributed by atoms with E-state index in [0.717, 1.165) is 6.07 Å². The van der Waals surface area contributed by atoms with Gasteiger partial charge in [0, 0.05) is 19.0 Å². The predicted molar refractivity (Wildman–Crippen MR) is 87.0 cm³/mol. The highest BCUT2D eigenvalue weighted by Gasteiger charge is 2.15. The molecule has 0 bridgehead atoms. The fourth-order valence-corrected chi connectivity index (χ4v) is 2.02. The summed E-state index contributed by atoms with van der Waals surface area (Å²) in [5.74, 6) is -2.08. The van der Waals surface area contributed by atoms with Crippen molar-refractivity contribution < 1.29 is 28.3 Å². The normalized spacial score (nSPS) is 10.3. The number of carbonyl (C=O) groups excluding carboxylic acids is 3. The van der Waals surface area contributed by atoms with Crippen LogP contribution in [-0.4, -0.2) is 38.1 Å². The van der Waals surface area contributed by atoms with E-state index < -0.39 is 18.5 Å². The highest BCUT2D eigenvalue weighted by molar-refractivity contribution is 5.90. The Balaban J connectivity index is 1.85. The van der Waals surface area contributed by atoms with Crippen molar-refractivity contribution >= 4 is 28.8 Å². The second-order valence-corrected chi connectivity index (χ2v) is 5.08. The molecule has 0 aliphatic heterocycles. The first-order chi connectivity index (χ1) is 12.0. The van der Waals surface area contributed by atoms with Gasteiger partial charge in [-0.3, -0.25) is 14.4 Å². The van der Waals surface area contributed by atoms with Gasteiger partial charge in [0.15, 0.2) is 12.0 Å². The average molecular weight is 347 g/mol. The minimum atomic E-state index is -0.910. The van der Waals surface area contributed by atoms with Crippen LogP contribution in [0.4, 0.5) is 0 Å². The standard InChI is InChI=1S/C17H17NO7/c1-23-16(21)7-4-8-18-15(20)10-24-17(22)14-9-12(19)11-5-2-3-6-13(11)25-14/h2-3,5-6,9H,4,7-8,10H2,1H3,(H,18,20). The van der Waals surface area contributed by atoms with Crippen molar-refractivity contribution in [1.82, 2.24) is 5.32 Å². The second-order valence-electron chi connectivity index (χ2n) is 5.08. The lowest BCUT2D eigenvalue weighted by atomic mass is 10.2. The molecule has 8 heteroatoms. The molecule has 1 heterocycles. The van der Waals surface area contributed by atoms with E-state index >= 15 is 0 Å². The minimum absolute atomic E-state index is 0.179. The van der Waals surface area contributed by atoms with E-state index in [1.54, 1.807) is 24.3 Å². The molecular formula is C17H17NO7. The van der Waals surface area contributed by atoms with Crippen LogP contribution in [0.3, 0.4) is 0 Å². The number of methoxy groups -OCH3 is 1. The second kappa shape index (κ2) is 8.62. The number of carbonyl (C=O) groups is 3. The van der Waals surface area contributed by atoms with Crippen molar-refractivity contribution in [3.63, 3.8) is 0 Å². The smallest absolute Gasteiger partial charge is 0.374 e. The fourth-order valence-electron chi connectivity index (χ4n) is 2.02. The lowest BCUT2D eigenvalue weighted by Gasteiger charge is -2.06. The van der Waals surface area contributed by atoms with Gasteiger partial charge in [0.25, 0.3) is 5.91 Å². The first-order valence-electron chi connectivity index (χ1n) is 7.55. The Morgan fingerprint density at radius 2 is 1.96 bits per heavy atom. The highest BCUT2D eigenvalue weighted by Crippen LogP contribution is 2.12. The van der Waals surface area contributed by atoms with Crippen LogP contribution in [0.2, 0.25) is 0 Å². The van der Waals surface area contributed by atoms with E-state index in [2.05, 4.69) is 10.1 Å². The molecule has 0 spiro atoms. The van der Waals surface area contributed by atoms with Crippen LogP contribution in [0.1, 0.15) is 23.4 Å². The van der Waals surface area contributed by atoms with E-state index in [-0.39, 0.29) is 35.7 Å². The minimum Gasteiger partial charge on any atom is -0.469 e. The van der Waals surface area contributed by atoms with Gasteiger partial charge in [-0.15, -0.1) is 0 Å². The molecule has 1 aromatic heterocycles. The number of ether oxygens (including phenoxy) is 2. The first kappa shape index (κ1) is 18.2. The summed E-state index contributed by atoms with van der Waals surface area (Å²) in [6, 6.07) is 7.52. The van der Waals surface area contributed by atoms with E-state index in [1.165, 1.54) is 7.11 Å². The molecule has 0 unspecified atom stereocenters. The Labute approximate surface area is 142 Å². The van der Waals surface area contributed by atoms with Crippen LogP contribution in [0.25, 0.3) is 11.0 Å². The van der Waals surface area contributed by atoms with Crippen LogP contribution in [0.5, 0.6) is 0 Å². The van der Waals surface area contributed by atoms with Gasteiger partial charge >= 0.3 is 11.9 Å². The van der Waals surface area contributed by atoms with Crippen LogP contribution >= 0.6 is 0 Å². The summed E-state index contributed by atoms with van der Waals surface area (Å²) in [7, 11) is 1.28. The highest BCUT2D eigenvalue weighted by atomic mass is 16.5. The van der Waals surface area contributed by atoms with Crippen molar-refractivity contribution in [2.75, 3.05) is 20.3 Å². The summed E-state index contributed by atoms with van der Waals surface area (Å²) in [6.45, 7) is -0.274. The van der Waals surface area contributed by atoms with Crippen LogP contribution < -0.4 is 10.7 Å². The zero-order valence-electron chi connectivity index (χ0n) is 13.6. The third-order valence-corrected chi connectivity index (χ3v) is 3.28. The van der Waals surface area contributed by atoms with Crippen molar-refractivity contribution in [1.29, 1.82) is 0 Å². The Hall–Kier alpha value is -3.16. The topological polar surface area (TPSA) is 112 Å². The summed E-state index contributed by atoms with van der Waals surface area (Å²) < 4.78 is 14.6. The third-order valence-electron chi connectivity index (χ3n) is 3.28. The van der Waals surface area contributed by atoms with E-state index in [1.807, 2.05) is 0 Å². The molecule has 132 valence electrons. The molecule has 0 aliphatic rings. The number of fused-ring (bicyclic) bond motifs is 1. The largest absolute Gasteiger partial charge is 0.469 e. The number of para-hydroxylation sites is 1. The lowest BCUT2D eigenvalue weighted by molar-refractivity contribution is -0.140. The summed E-state index contributed by atoms with van der Waals surface area (Å²) in [5, 5.41) is 2.84. The van der Waals surface area contributed by atoms with Crippen LogP contribution in [0.15, 0.2) is 39.5 Å². The van der Waals surface area contributed by atoms with Crippen molar-refractivity contribution in [3.05, 3.63) is 46.3 Å². The van der Waals surface area contributed by atoms with Gasteiger partial charge in [0.2, 0.25) is 5.76 Å². The van der Waals surface area contributed by atoms with Gasteiger partial charge < -0.3 is 19.2 Å². The number of amides is 1. The van der Waals surface area contributed by atoms with Gasteiger partial charge in [-0.25, -0.2) is 4.79 Å². The molecule has 1 aromatic carbocycles. The van der Waals surface area contributed by atoms with E-state index in [0.29, 0.717) is 11.8 Å². The van der Waals surface area contributed by atoms with Gasteiger partial charge in [0.1, 0.15) is 5.58 Å². The molecule has 1 N–H and O–H groups in total. The summed E-state index contributed by atoms with van der Waals surface area (Å²) in [6.07, 6.45) is 0.588. The summed E-state index contributed by atoms with van der Waals surface area (Å²) in [4.78, 5) is 46.3. The monoisotopic (exact) mass is 347 g/mol. The molecule has 0 radical (unpaired) electrons. The van der Waals surface area contributed by atoms with Crippen molar-refractivity contribution in [2.45, 2.75) is 12.8 Å². The lowest BCUT2D eigenvalue weighted by Crippen LogP contribution is -2.30. The quantitative estimate of drug-likeness (QED) is 0.588. The number of hydrogen-bond acceptors (Lipinski definition) is 7. The molecule has 2 aromatic rings. The number of rotatable bonds is 7. The Kier molecular flexibility index (Phi) is 6.27. The number of hydrogen-bond donors (Lipinski definition) is 1. The average Bonchev–Trinajstić information content (AvgIpc) is 2.62. The Morgan fingerprint density at radius 3 is 2.72 bits per heavy atom. The first-order valence-corrected chi connectivity index (χ1v) is 7.55. The molecule has 0 saturated heterocycles. The molecule has 1 amide bonds. The molecule has 0 saturated carbocycles. The summed E-state index contributed by atoms with van der Waals surface area (Å²) >= 11 is 0. The molecule has 0 atom stereocenters. The molecule has 0 aliphatic carbocycles. The molecule has 8 nitrogen and oxygen atoms in total. The maximum absolute atomic E-state index is 11.9. The predicted octanol–water partition coefficient (Wildman–Crippen LogP) is 1.02. The number of esters is 2. The number of benzene rings is 1. The summed E-state index contributed by atoms with van der Waals surface area (Å²) in [5.41, 5.74) is -0.115. The van der Waals surface area contributed by atoms with Gasteiger partial charge in [-0.1, -0.05) is 12.1 Å². The Bertz CT molecular complexity index is 840. The van der Waals surface area contributed by atoms with Gasteiger partial charge in [-0.05, 0) is 18.6 Å². The van der Waals surface area contributed by atoms with E-state index in [9.17, 15) is 19.2 Å². The third kappa shape index (κ3) is 5.17. The Morgan fingerprint density at radius 1 is 1.20 bits per heavy atom. The van der Waals surface area contributed by atoms with Crippen molar-refractivity contribution in [3.8, 4) is 0 Å². The van der Waals surface area contributed by atoms with Crippen LogP contribution in [0, 0.1) is 0 Å². The van der Waals surface area contributed by atoms with Gasteiger partial charge in [-0.2, -0.15) is 0 Å². The molecular weight excluding hydrogens is 330 g/mol. The van der Waals surface area contributed by atoms with Crippen LogP contribution in [-0.2, 0) is 19.1 Å². The molecule has 2 rings (SSSR count). The molecule has 25 heavy (non-hydrogen) atoms. The SMILES string of the molecule is COC(=O)CCCNC(=O)COC(=O)c1cc(=O)c2ccccc2o1. The zero-order valence-corrected chi connectivity index (χ0v) is 13.6. The van der Waals surface area contributed by atoms with Gasteiger partial charge in [0.05, 0.1) is 12.5 Å². The molecule has 0 fully saturated rings. The number of nitrogens with one attached hydrogen (secondary N) is 1. The van der Waals surface area contributed by atoms with E-state index in [4.69, 9.17) is 9.15 Å².